The SMILES string of the molecule is NC1(C(=O)NCCOCC(F)F)CCCCC1. The van der Waals surface area contributed by atoms with E-state index in [2.05, 4.69) is 10.1 Å². The van der Waals surface area contributed by atoms with Crippen molar-refractivity contribution in [1.82, 2.24) is 5.32 Å². The highest BCUT2D eigenvalue weighted by Gasteiger charge is 2.34. The Labute approximate surface area is 99.9 Å². The van der Waals surface area contributed by atoms with Crippen LogP contribution in [0.5, 0.6) is 0 Å². The zero-order valence-corrected chi connectivity index (χ0v) is 9.88. The van der Waals surface area contributed by atoms with Crippen LogP contribution < -0.4 is 11.1 Å². The third-order valence-electron chi connectivity index (χ3n) is 2.97. The van der Waals surface area contributed by atoms with Gasteiger partial charge < -0.3 is 15.8 Å². The molecule has 0 aromatic carbocycles. The van der Waals surface area contributed by atoms with Crippen molar-refractivity contribution >= 4 is 5.91 Å². The monoisotopic (exact) mass is 250 g/mol. The van der Waals surface area contributed by atoms with E-state index in [1.165, 1.54) is 0 Å². The fraction of sp³-hybridized carbons (Fsp3) is 0.909. The third kappa shape index (κ3) is 4.95. The molecule has 1 rings (SSSR count). The summed E-state index contributed by atoms with van der Waals surface area (Å²) in [7, 11) is 0. The number of nitrogens with two attached hydrogens (primary N) is 1. The summed E-state index contributed by atoms with van der Waals surface area (Å²) in [4.78, 5) is 11.8. The van der Waals surface area contributed by atoms with Gasteiger partial charge in [0.15, 0.2) is 0 Å². The normalized spacial score (nSPS) is 19.3. The molecule has 17 heavy (non-hydrogen) atoms. The van der Waals surface area contributed by atoms with E-state index < -0.39 is 18.6 Å². The summed E-state index contributed by atoms with van der Waals surface area (Å²) in [6.07, 6.45) is 1.96. The maximum atomic E-state index is 11.8. The molecule has 0 unspecified atom stereocenters. The van der Waals surface area contributed by atoms with E-state index in [-0.39, 0.29) is 19.1 Å². The molecular formula is C11H20F2N2O2. The van der Waals surface area contributed by atoms with Crippen LogP contribution in [0.25, 0.3) is 0 Å². The van der Waals surface area contributed by atoms with Crippen LogP contribution in [0.15, 0.2) is 0 Å². The van der Waals surface area contributed by atoms with Crippen molar-refractivity contribution in [2.24, 2.45) is 5.73 Å². The predicted molar refractivity (Wildman–Crippen MR) is 59.8 cm³/mol. The summed E-state index contributed by atoms with van der Waals surface area (Å²) in [5, 5.41) is 2.63. The zero-order valence-electron chi connectivity index (χ0n) is 9.88. The lowest BCUT2D eigenvalue weighted by Gasteiger charge is -2.31. The van der Waals surface area contributed by atoms with Crippen LogP contribution in [0.2, 0.25) is 0 Å². The van der Waals surface area contributed by atoms with Crippen LogP contribution in [0.3, 0.4) is 0 Å². The molecule has 1 aliphatic rings. The number of amides is 1. The second-order valence-corrected chi connectivity index (χ2v) is 4.44. The number of nitrogens with one attached hydrogen (secondary N) is 1. The molecule has 1 saturated carbocycles. The highest BCUT2D eigenvalue weighted by atomic mass is 19.3. The molecule has 3 N–H and O–H groups in total. The summed E-state index contributed by atoms with van der Waals surface area (Å²) < 4.78 is 28.1. The summed E-state index contributed by atoms with van der Waals surface area (Å²) in [6, 6.07) is 0. The molecule has 1 amide bonds. The first-order valence-corrected chi connectivity index (χ1v) is 5.98. The van der Waals surface area contributed by atoms with E-state index in [0.717, 1.165) is 19.3 Å². The minimum Gasteiger partial charge on any atom is -0.374 e. The Kier molecular flexibility index (Phi) is 5.77. The fourth-order valence-electron chi connectivity index (χ4n) is 1.99. The maximum Gasteiger partial charge on any atom is 0.261 e. The van der Waals surface area contributed by atoms with E-state index in [1.54, 1.807) is 0 Å². The van der Waals surface area contributed by atoms with Crippen molar-refractivity contribution in [2.45, 2.75) is 44.1 Å². The number of hydrogen-bond donors (Lipinski definition) is 2. The first-order valence-electron chi connectivity index (χ1n) is 5.98. The molecule has 0 saturated heterocycles. The average Bonchev–Trinajstić information content (AvgIpc) is 2.29. The van der Waals surface area contributed by atoms with Gasteiger partial charge in [0.25, 0.3) is 6.43 Å². The van der Waals surface area contributed by atoms with Crippen LogP contribution in [0.1, 0.15) is 32.1 Å². The van der Waals surface area contributed by atoms with E-state index in [9.17, 15) is 13.6 Å². The van der Waals surface area contributed by atoms with Gasteiger partial charge >= 0.3 is 0 Å². The summed E-state index contributed by atoms with van der Waals surface area (Å²) in [5.74, 6) is -0.196. The highest BCUT2D eigenvalue weighted by Crippen LogP contribution is 2.25. The number of carbonyl (C=O) groups is 1. The number of carbonyl (C=O) groups excluding carboxylic acids is 1. The lowest BCUT2D eigenvalue weighted by atomic mass is 9.82. The Morgan fingerprint density at radius 1 is 1.35 bits per heavy atom. The minimum atomic E-state index is -2.47. The largest absolute Gasteiger partial charge is 0.374 e. The molecule has 1 fully saturated rings. The molecule has 0 aromatic rings. The van der Waals surface area contributed by atoms with Crippen LogP contribution >= 0.6 is 0 Å². The van der Waals surface area contributed by atoms with Crippen LogP contribution in [0, 0.1) is 0 Å². The van der Waals surface area contributed by atoms with Gasteiger partial charge in [0.1, 0.15) is 6.61 Å². The molecule has 4 nitrogen and oxygen atoms in total. The number of rotatable bonds is 6. The first-order chi connectivity index (χ1) is 8.04. The molecule has 0 aliphatic heterocycles. The molecule has 1 aliphatic carbocycles. The van der Waals surface area contributed by atoms with Crippen molar-refractivity contribution in [2.75, 3.05) is 19.8 Å². The van der Waals surface area contributed by atoms with Crippen molar-refractivity contribution in [3.05, 3.63) is 0 Å². The molecule has 0 radical (unpaired) electrons. The molecule has 100 valence electrons. The molecule has 6 heteroatoms. The van der Waals surface area contributed by atoms with Crippen LogP contribution in [0.4, 0.5) is 8.78 Å². The van der Waals surface area contributed by atoms with Gasteiger partial charge in [0.2, 0.25) is 5.91 Å². The van der Waals surface area contributed by atoms with Gasteiger partial charge in [-0.25, -0.2) is 8.78 Å². The summed E-state index contributed by atoms with van der Waals surface area (Å²) >= 11 is 0. The zero-order chi connectivity index (χ0) is 12.7. The Balaban J connectivity index is 2.15. The van der Waals surface area contributed by atoms with Gasteiger partial charge in [0.05, 0.1) is 12.1 Å². The second kappa shape index (κ2) is 6.86. The topological polar surface area (TPSA) is 64.4 Å². The van der Waals surface area contributed by atoms with Gasteiger partial charge in [-0.3, -0.25) is 4.79 Å². The average molecular weight is 250 g/mol. The van der Waals surface area contributed by atoms with Gasteiger partial charge in [0, 0.05) is 6.54 Å². The predicted octanol–water partition coefficient (Wildman–Crippen LogP) is 1.05. The number of hydrogen-bond acceptors (Lipinski definition) is 3. The third-order valence-corrected chi connectivity index (χ3v) is 2.97. The van der Waals surface area contributed by atoms with Crippen LogP contribution in [-0.2, 0) is 9.53 Å². The van der Waals surface area contributed by atoms with Crippen LogP contribution in [-0.4, -0.2) is 37.6 Å². The number of halogens is 2. The Hall–Kier alpha value is -0.750. The molecule has 0 aromatic heterocycles. The van der Waals surface area contributed by atoms with Crippen molar-refractivity contribution in [1.29, 1.82) is 0 Å². The van der Waals surface area contributed by atoms with E-state index in [4.69, 9.17) is 5.73 Å². The molecular weight excluding hydrogens is 230 g/mol. The second-order valence-electron chi connectivity index (χ2n) is 4.44. The van der Waals surface area contributed by atoms with E-state index in [1.807, 2.05) is 0 Å². The Bertz CT molecular complexity index is 244. The van der Waals surface area contributed by atoms with Crippen molar-refractivity contribution in [3.63, 3.8) is 0 Å². The Morgan fingerprint density at radius 3 is 2.59 bits per heavy atom. The fourth-order valence-corrected chi connectivity index (χ4v) is 1.99. The molecule has 0 bridgehead atoms. The number of ether oxygens (including phenoxy) is 1. The Morgan fingerprint density at radius 2 is 2.00 bits per heavy atom. The minimum absolute atomic E-state index is 0.0894. The maximum absolute atomic E-state index is 11.8. The lowest BCUT2D eigenvalue weighted by molar-refractivity contribution is -0.127. The lowest BCUT2D eigenvalue weighted by Crippen LogP contribution is -2.55. The van der Waals surface area contributed by atoms with Crippen molar-refractivity contribution in [3.8, 4) is 0 Å². The summed E-state index contributed by atoms with van der Waals surface area (Å²) in [5.41, 5.74) is 5.22. The van der Waals surface area contributed by atoms with Gasteiger partial charge in [-0.15, -0.1) is 0 Å². The standard InChI is InChI=1S/C11H20F2N2O2/c12-9(13)8-17-7-6-15-10(16)11(14)4-2-1-3-5-11/h9H,1-8,14H2,(H,15,16). The number of alkyl halides is 2. The van der Waals surface area contributed by atoms with E-state index >= 15 is 0 Å². The summed E-state index contributed by atoms with van der Waals surface area (Å²) in [6.45, 7) is -0.277. The smallest absolute Gasteiger partial charge is 0.261 e. The van der Waals surface area contributed by atoms with Gasteiger partial charge in [-0.2, -0.15) is 0 Å². The first kappa shape index (κ1) is 14.3. The van der Waals surface area contributed by atoms with E-state index in [0.29, 0.717) is 12.8 Å². The van der Waals surface area contributed by atoms with Crippen molar-refractivity contribution < 1.29 is 18.3 Å². The molecule has 0 atom stereocenters. The van der Waals surface area contributed by atoms with Gasteiger partial charge in [-0.05, 0) is 12.8 Å². The molecule has 0 heterocycles. The highest BCUT2D eigenvalue weighted by molar-refractivity contribution is 5.86. The quantitative estimate of drug-likeness (QED) is 0.692. The molecule has 0 spiro atoms. The van der Waals surface area contributed by atoms with Gasteiger partial charge in [-0.1, -0.05) is 19.3 Å².